The van der Waals surface area contributed by atoms with Gasteiger partial charge in [0, 0.05) is 15.1 Å². The van der Waals surface area contributed by atoms with Gasteiger partial charge in [0.1, 0.15) is 0 Å². The summed E-state index contributed by atoms with van der Waals surface area (Å²) >= 11 is 9.33. The van der Waals surface area contributed by atoms with Gasteiger partial charge in [0.25, 0.3) is 0 Å². The third kappa shape index (κ3) is 3.30. The predicted octanol–water partition coefficient (Wildman–Crippen LogP) is 2.79. The molecule has 1 heterocycles. The van der Waals surface area contributed by atoms with Crippen molar-refractivity contribution in [3.05, 3.63) is 27.7 Å². The van der Waals surface area contributed by atoms with E-state index in [9.17, 15) is 4.79 Å². The van der Waals surface area contributed by atoms with Crippen LogP contribution in [0.1, 0.15) is 19.4 Å². The molecule has 0 fully saturated rings. The highest BCUT2D eigenvalue weighted by molar-refractivity contribution is 9.10. The van der Waals surface area contributed by atoms with Crippen molar-refractivity contribution >= 4 is 33.5 Å². The number of rotatable bonds is 4. The Morgan fingerprint density at radius 3 is 2.89 bits per heavy atom. The number of hydrogen-bond acceptors (Lipinski definition) is 4. The van der Waals surface area contributed by atoms with Crippen LogP contribution in [-0.2, 0) is 4.79 Å². The molecule has 0 saturated carbocycles. The second kappa shape index (κ2) is 5.66. The SMILES string of the molecule is CC(CC(=O)O)n1nnnc1-c1cc(Cl)cc(Br)c1. The smallest absolute Gasteiger partial charge is 0.305 e. The van der Waals surface area contributed by atoms with Crippen molar-refractivity contribution in [3.63, 3.8) is 0 Å². The molecule has 0 saturated heterocycles. The monoisotopic (exact) mass is 344 g/mol. The molecule has 2 rings (SSSR count). The number of benzene rings is 1. The molecule has 1 unspecified atom stereocenters. The number of carboxylic acids is 1. The zero-order chi connectivity index (χ0) is 14.0. The summed E-state index contributed by atoms with van der Waals surface area (Å²) < 4.78 is 2.28. The minimum Gasteiger partial charge on any atom is -0.481 e. The van der Waals surface area contributed by atoms with Crippen molar-refractivity contribution in [2.45, 2.75) is 19.4 Å². The van der Waals surface area contributed by atoms with Gasteiger partial charge in [0.05, 0.1) is 12.5 Å². The highest BCUT2D eigenvalue weighted by Gasteiger charge is 2.17. The van der Waals surface area contributed by atoms with Crippen LogP contribution in [0.25, 0.3) is 11.4 Å². The van der Waals surface area contributed by atoms with Crippen molar-refractivity contribution in [1.29, 1.82) is 0 Å². The number of tetrazole rings is 1. The first-order valence-electron chi connectivity index (χ1n) is 5.43. The van der Waals surface area contributed by atoms with Crippen molar-refractivity contribution in [1.82, 2.24) is 20.2 Å². The van der Waals surface area contributed by atoms with Gasteiger partial charge < -0.3 is 5.11 Å². The summed E-state index contributed by atoms with van der Waals surface area (Å²) in [6.07, 6.45) is -0.0558. The molecule has 6 nitrogen and oxygen atoms in total. The summed E-state index contributed by atoms with van der Waals surface area (Å²) in [7, 11) is 0. The summed E-state index contributed by atoms with van der Waals surface area (Å²) in [5.41, 5.74) is 0.724. The molecule has 8 heteroatoms. The maximum absolute atomic E-state index is 10.8. The van der Waals surface area contributed by atoms with E-state index in [1.807, 2.05) is 6.07 Å². The Kier molecular flexibility index (Phi) is 4.16. The number of aromatic nitrogens is 4. The van der Waals surface area contributed by atoms with Gasteiger partial charge in [-0.1, -0.05) is 27.5 Å². The standard InChI is InChI=1S/C11H10BrClN4O2/c1-6(2-10(18)19)17-11(14-15-16-17)7-3-8(12)5-9(13)4-7/h3-6H,2H2,1H3,(H,18,19). The first kappa shape index (κ1) is 14.0. The average molecular weight is 346 g/mol. The second-order valence-electron chi connectivity index (χ2n) is 4.05. The molecule has 1 aromatic carbocycles. The van der Waals surface area contributed by atoms with Crippen LogP contribution in [0.2, 0.25) is 5.02 Å². The minimum absolute atomic E-state index is 0.0558. The fourth-order valence-corrected chi connectivity index (χ4v) is 2.56. The Morgan fingerprint density at radius 1 is 1.53 bits per heavy atom. The Balaban J connectivity index is 2.41. The van der Waals surface area contributed by atoms with Crippen LogP contribution in [0.15, 0.2) is 22.7 Å². The van der Waals surface area contributed by atoms with Gasteiger partial charge in [0.15, 0.2) is 5.82 Å². The first-order valence-corrected chi connectivity index (χ1v) is 6.60. The summed E-state index contributed by atoms with van der Waals surface area (Å²) in [6, 6.07) is 4.95. The van der Waals surface area contributed by atoms with Crippen LogP contribution >= 0.6 is 27.5 Å². The van der Waals surface area contributed by atoms with E-state index in [0.29, 0.717) is 10.8 Å². The number of hydrogen-bond donors (Lipinski definition) is 1. The Labute approximate surface area is 122 Å². The fourth-order valence-electron chi connectivity index (χ4n) is 1.70. The van der Waals surface area contributed by atoms with Crippen LogP contribution in [0, 0.1) is 0 Å². The summed E-state index contributed by atoms with van der Waals surface area (Å²) in [4.78, 5) is 10.8. The molecule has 1 aromatic heterocycles. The number of aliphatic carboxylic acids is 1. The Hall–Kier alpha value is -1.47. The molecule has 1 atom stereocenters. The number of carbonyl (C=O) groups is 1. The minimum atomic E-state index is -0.902. The largest absolute Gasteiger partial charge is 0.481 e. The summed E-state index contributed by atoms with van der Waals surface area (Å²) in [5, 5.41) is 20.7. The predicted molar refractivity (Wildman–Crippen MR) is 72.9 cm³/mol. The lowest BCUT2D eigenvalue weighted by atomic mass is 10.2. The molecule has 2 aromatic rings. The van der Waals surface area contributed by atoms with Crippen molar-refractivity contribution in [2.75, 3.05) is 0 Å². The molecule has 0 aliphatic rings. The van der Waals surface area contributed by atoms with E-state index in [1.165, 1.54) is 4.68 Å². The van der Waals surface area contributed by atoms with Crippen molar-refractivity contribution in [2.24, 2.45) is 0 Å². The van der Waals surface area contributed by atoms with Crippen LogP contribution in [0.3, 0.4) is 0 Å². The van der Waals surface area contributed by atoms with Gasteiger partial charge in [-0.3, -0.25) is 4.79 Å². The summed E-state index contributed by atoms with van der Waals surface area (Å²) in [5.74, 6) is -0.418. The zero-order valence-corrected chi connectivity index (χ0v) is 12.3. The highest BCUT2D eigenvalue weighted by Crippen LogP contribution is 2.27. The maximum Gasteiger partial charge on any atom is 0.305 e. The average Bonchev–Trinajstić information content (AvgIpc) is 2.75. The van der Waals surface area contributed by atoms with Crippen LogP contribution < -0.4 is 0 Å². The van der Waals surface area contributed by atoms with Gasteiger partial charge in [-0.15, -0.1) is 5.10 Å². The van der Waals surface area contributed by atoms with Crippen LogP contribution in [-0.4, -0.2) is 31.3 Å². The van der Waals surface area contributed by atoms with Crippen LogP contribution in [0.4, 0.5) is 0 Å². The highest BCUT2D eigenvalue weighted by atomic mass is 79.9. The number of nitrogens with zero attached hydrogens (tertiary/aromatic N) is 4. The Morgan fingerprint density at radius 2 is 2.26 bits per heavy atom. The molecule has 1 N–H and O–H groups in total. The van der Waals surface area contributed by atoms with E-state index in [0.717, 1.165) is 10.0 Å². The van der Waals surface area contributed by atoms with Gasteiger partial charge in [-0.05, 0) is 35.5 Å². The van der Waals surface area contributed by atoms with E-state index in [-0.39, 0.29) is 12.5 Å². The lowest BCUT2D eigenvalue weighted by Gasteiger charge is -2.11. The quantitative estimate of drug-likeness (QED) is 0.921. The summed E-state index contributed by atoms with van der Waals surface area (Å²) in [6.45, 7) is 1.74. The number of carboxylic acid groups (broad SMARTS) is 1. The van der Waals surface area contributed by atoms with Crippen LogP contribution in [0.5, 0.6) is 0 Å². The molecule has 0 aliphatic carbocycles. The zero-order valence-electron chi connectivity index (χ0n) is 9.92. The molecular formula is C11H10BrClN4O2. The molecule has 19 heavy (non-hydrogen) atoms. The maximum atomic E-state index is 10.8. The first-order chi connectivity index (χ1) is 8.97. The van der Waals surface area contributed by atoms with E-state index in [2.05, 4.69) is 31.5 Å². The lowest BCUT2D eigenvalue weighted by Crippen LogP contribution is -2.13. The van der Waals surface area contributed by atoms with Crippen molar-refractivity contribution < 1.29 is 9.90 Å². The van der Waals surface area contributed by atoms with E-state index < -0.39 is 5.97 Å². The van der Waals surface area contributed by atoms with Crippen molar-refractivity contribution in [3.8, 4) is 11.4 Å². The topological polar surface area (TPSA) is 80.9 Å². The van der Waals surface area contributed by atoms with Gasteiger partial charge in [-0.2, -0.15) is 0 Å². The van der Waals surface area contributed by atoms with E-state index in [4.69, 9.17) is 16.7 Å². The second-order valence-corrected chi connectivity index (χ2v) is 5.40. The van der Waals surface area contributed by atoms with E-state index >= 15 is 0 Å². The molecular weight excluding hydrogens is 336 g/mol. The third-order valence-corrected chi connectivity index (χ3v) is 3.18. The molecule has 100 valence electrons. The lowest BCUT2D eigenvalue weighted by molar-refractivity contribution is -0.137. The fraction of sp³-hybridized carbons (Fsp3) is 0.273. The van der Waals surface area contributed by atoms with E-state index in [1.54, 1.807) is 19.1 Å². The molecule has 0 bridgehead atoms. The normalized spacial score (nSPS) is 12.4. The third-order valence-electron chi connectivity index (χ3n) is 2.50. The molecule has 0 aliphatic heterocycles. The molecule has 0 radical (unpaired) electrons. The van der Waals surface area contributed by atoms with Gasteiger partial charge in [-0.25, -0.2) is 4.68 Å². The Bertz CT molecular complexity index is 596. The molecule has 0 amide bonds. The number of halogens is 2. The molecule has 0 spiro atoms. The van der Waals surface area contributed by atoms with Gasteiger partial charge in [0.2, 0.25) is 0 Å². The van der Waals surface area contributed by atoms with Gasteiger partial charge >= 0.3 is 5.97 Å².